The fourth-order valence-corrected chi connectivity index (χ4v) is 3.64. The number of amides is 2. The van der Waals surface area contributed by atoms with Crippen molar-refractivity contribution < 1.29 is 19.1 Å². The van der Waals surface area contributed by atoms with Crippen LogP contribution >= 0.6 is 11.6 Å². The van der Waals surface area contributed by atoms with Crippen molar-refractivity contribution in [2.45, 2.75) is 26.3 Å². The monoisotopic (exact) mass is 414 g/mol. The third-order valence-corrected chi connectivity index (χ3v) is 5.33. The highest BCUT2D eigenvalue weighted by atomic mass is 35.5. The third kappa shape index (κ3) is 4.27. The molecule has 29 heavy (non-hydrogen) atoms. The molecule has 1 unspecified atom stereocenters. The molecule has 2 amide bonds. The Kier molecular flexibility index (Phi) is 6.23. The first-order valence-electron chi connectivity index (χ1n) is 9.41. The summed E-state index contributed by atoms with van der Waals surface area (Å²) in [4.78, 5) is 39.4. The van der Waals surface area contributed by atoms with Crippen LogP contribution in [0.2, 0.25) is 5.02 Å². The van der Waals surface area contributed by atoms with Crippen molar-refractivity contribution >= 4 is 35.1 Å². The lowest BCUT2D eigenvalue weighted by atomic mass is 10.0. The lowest BCUT2D eigenvalue weighted by Crippen LogP contribution is -2.51. The van der Waals surface area contributed by atoms with E-state index >= 15 is 0 Å². The zero-order chi connectivity index (χ0) is 21.1. The molecule has 152 valence electrons. The molecule has 0 radical (unpaired) electrons. The molecule has 1 N–H and O–H groups in total. The maximum Gasteiger partial charge on any atom is 0.337 e. The minimum Gasteiger partial charge on any atom is -0.465 e. The Hall–Kier alpha value is -2.86. The van der Waals surface area contributed by atoms with Gasteiger partial charge in [0.25, 0.3) is 5.91 Å². The highest BCUT2D eigenvalue weighted by molar-refractivity contribution is 6.33. The van der Waals surface area contributed by atoms with E-state index in [4.69, 9.17) is 16.3 Å². The number of fused-ring (bicyclic) bond motifs is 1. The van der Waals surface area contributed by atoms with Crippen LogP contribution in [0.1, 0.15) is 40.1 Å². The Labute approximate surface area is 174 Å². The quantitative estimate of drug-likeness (QED) is 0.760. The minimum atomic E-state index is -0.704. The summed E-state index contributed by atoms with van der Waals surface area (Å²) in [6.45, 7) is 4.25. The molecule has 7 heteroatoms. The minimum absolute atomic E-state index is 0.118. The van der Waals surface area contributed by atoms with Gasteiger partial charge in [0.2, 0.25) is 5.91 Å². The van der Waals surface area contributed by atoms with Crippen molar-refractivity contribution in [3.8, 4) is 0 Å². The first-order valence-corrected chi connectivity index (χ1v) is 9.79. The van der Waals surface area contributed by atoms with Crippen LogP contribution in [0.5, 0.6) is 0 Å². The number of hydrogen-bond acceptors (Lipinski definition) is 4. The van der Waals surface area contributed by atoms with Gasteiger partial charge in [-0.05, 0) is 48.2 Å². The van der Waals surface area contributed by atoms with Crippen LogP contribution in [0.15, 0.2) is 42.5 Å². The molecule has 0 aliphatic carbocycles. The average Bonchev–Trinajstić information content (AvgIpc) is 3.14. The Morgan fingerprint density at radius 3 is 2.52 bits per heavy atom. The highest BCUT2D eigenvalue weighted by Crippen LogP contribution is 2.30. The topological polar surface area (TPSA) is 75.7 Å². The van der Waals surface area contributed by atoms with E-state index < -0.39 is 12.0 Å². The maximum absolute atomic E-state index is 13.3. The van der Waals surface area contributed by atoms with Crippen LogP contribution in [0.4, 0.5) is 5.69 Å². The number of halogens is 1. The fourth-order valence-electron chi connectivity index (χ4n) is 3.42. The molecule has 2 aromatic rings. The van der Waals surface area contributed by atoms with Gasteiger partial charge in [-0.15, -0.1) is 0 Å². The number of nitrogens with one attached hydrogen (secondary N) is 1. The largest absolute Gasteiger partial charge is 0.465 e. The zero-order valence-electron chi connectivity index (χ0n) is 16.6. The molecule has 0 saturated carbocycles. The number of hydrogen-bond donors (Lipinski definition) is 1. The van der Waals surface area contributed by atoms with E-state index in [2.05, 4.69) is 5.32 Å². The summed E-state index contributed by atoms with van der Waals surface area (Å²) in [6.07, 6.45) is 0.634. The molecule has 2 aromatic carbocycles. The lowest BCUT2D eigenvalue weighted by molar-refractivity contribution is -0.121. The van der Waals surface area contributed by atoms with Crippen LogP contribution in [-0.2, 0) is 16.0 Å². The summed E-state index contributed by atoms with van der Waals surface area (Å²) in [7, 11) is 1.33. The Balaban J connectivity index is 1.82. The summed E-state index contributed by atoms with van der Waals surface area (Å²) in [6, 6.07) is 11.2. The predicted molar refractivity (Wildman–Crippen MR) is 111 cm³/mol. The van der Waals surface area contributed by atoms with Crippen molar-refractivity contribution in [2.75, 3.05) is 18.6 Å². The second-order valence-corrected chi connectivity index (χ2v) is 7.66. The molecule has 0 saturated heterocycles. The molecule has 3 rings (SSSR count). The number of rotatable bonds is 5. The van der Waals surface area contributed by atoms with Gasteiger partial charge in [-0.3, -0.25) is 9.59 Å². The number of carbonyl (C=O) groups excluding carboxylic acids is 3. The predicted octanol–water partition coefficient (Wildman–Crippen LogP) is 3.47. The first kappa shape index (κ1) is 20.9. The summed E-state index contributed by atoms with van der Waals surface area (Å²) in [5.41, 5.74) is 2.44. The van der Waals surface area contributed by atoms with Crippen LogP contribution in [0.3, 0.4) is 0 Å². The van der Waals surface area contributed by atoms with Gasteiger partial charge in [0, 0.05) is 12.2 Å². The standard InChI is InChI=1S/C22H23ClN2O4/c1-13(2)19(24-20(26)16-6-4-5-7-17(16)23)21(27)25-11-10-14-12-15(22(28)29-3)8-9-18(14)25/h4-9,12-13,19H,10-11H2,1-3H3,(H,24,26). The zero-order valence-corrected chi connectivity index (χ0v) is 17.3. The Morgan fingerprint density at radius 2 is 1.86 bits per heavy atom. The van der Waals surface area contributed by atoms with Gasteiger partial charge >= 0.3 is 5.97 Å². The molecule has 0 aromatic heterocycles. The summed E-state index contributed by atoms with van der Waals surface area (Å²) >= 11 is 6.11. The number of nitrogens with zero attached hydrogens (tertiary/aromatic N) is 1. The SMILES string of the molecule is COC(=O)c1ccc2c(c1)CCN2C(=O)C(NC(=O)c1ccccc1Cl)C(C)C. The van der Waals surface area contributed by atoms with E-state index in [1.54, 1.807) is 47.4 Å². The summed E-state index contributed by atoms with van der Waals surface area (Å²) in [5.74, 6) is -1.11. The van der Waals surface area contributed by atoms with Crippen molar-refractivity contribution in [1.82, 2.24) is 5.32 Å². The van der Waals surface area contributed by atoms with Crippen LogP contribution in [0.25, 0.3) is 0 Å². The second kappa shape index (κ2) is 8.66. The van der Waals surface area contributed by atoms with Crippen molar-refractivity contribution in [2.24, 2.45) is 5.92 Å². The van der Waals surface area contributed by atoms with Gasteiger partial charge < -0.3 is 15.0 Å². The van der Waals surface area contributed by atoms with E-state index in [1.807, 2.05) is 13.8 Å². The highest BCUT2D eigenvalue weighted by Gasteiger charge is 2.33. The van der Waals surface area contributed by atoms with Gasteiger partial charge in [-0.1, -0.05) is 37.6 Å². The van der Waals surface area contributed by atoms with Gasteiger partial charge in [-0.25, -0.2) is 4.79 Å². The molecule has 1 heterocycles. The Bertz CT molecular complexity index is 958. The smallest absolute Gasteiger partial charge is 0.337 e. The molecule has 0 fully saturated rings. The normalized spacial score (nSPS) is 13.8. The average molecular weight is 415 g/mol. The molecule has 0 spiro atoms. The number of carbonyl (C=O) groups is 3. The van der Waals surface area contributed by atoms with Crippen molar-refractivity contribution in [3.63, 3.8) is 0 Å². The van der Waals surface area contributed by atoms with Gasteiger partial charge in [0.05, 0.1) is 23.3 Å². The summed E-state index contributed by atoms with van der Waals surface area (Å²) in [5, 5.41) is 3.17. The van der Waals surface area contributed by atoms with Crippen LogP contribution in [0, 0.1) is 5.92 Å². The molecular weight excluding hydrogens is 392 g/mol. The number of anilines is 1. The number of methoxy groups -OCH3 is 1. The second-order valence-electron chi connectivity index (χ2n) is 7.25. The van der Waals surface area contributed by atoms with E-state index in [0.29, 0.717) is 29.1 Å². The summed E-state index contributed by atoms with van der Waals surface area (Å²) < 4.78 is 4.76. The lowest BCUT2D eigenvalue weighted by Gasteiger charge is -2.27. The van der Waals surface area contributed by atoms with Crippen molar-refractivity contribution in [1.29, 1.82) is 0 Å². The van der Waals surface area contributed by atoms with Crippen molar-refractivity contribution in [3.05, 3.63) is 64.2 Å². The molecule has 1 aliphatic heterocycles. The molecule has 1 aliphatic rings. The number of benzene rings is 2. The maximum atomic E-state index is 13.3. The number of esters is 1. The van der Waals surface area contributed by atoms with Gasteiger partial charge in [0.15, 0.2) is 0 Å². The molecule has 1 atom stereocenters. The van der Waals surface area contributed by atoms with E-state index in [9.17, 15) is 14.4 Å². The molecular formula is C22H23ClN2O4. The molecule has 0 bridgehead atoms. The fraction of sp³-hybridized carbons (Fsp3) is 0.318. The molecule has 6 nitrogen and oxygen atoms in total. The van der Waals surface area contributed by atoms with E-state index in [-0.39, 0.29) is 17.7 Å². The van der Waals surface area contributed by atoms with Gasteiger partial charge in [-0.2, -0.15) is 0 Å². The van der Waals surface area contributed by atoms with Gasteiger partial charge in [0.1, 0.15) is 6.04 Å². The van der Waals surface area contributed by atoms with E-state index in [0.717, 1.165) is 11.3 Å². The Morgan fingerprint density at radius 1 is 1.14 bits per heavy atom. The first-order chi connectivity index (χ1) is 13.8. The third-order valence-electron chi connectivity index (χ3n) is 5.00. The van der Waals surface area contributed by atoms with E-state index in [1.165, 1.54) is 7.11 Å². The number of ether oxygens (including phenoxy) is 1. The van der Waals surface area contributed by atoms with Crippen LogP contribution in [-0.4, -0.2) is 37.5 Å². The van der Waals surface area contributed by atoms with Crippen LogP contribution < -0.4 is 10.2 Å².